The fourth-order valence-electron chi connectivity index (χ4n) is 2.68. The fraction of sp³-hybridized carbons (Fsp3) is 0.235. The lowest BCUT2D eigenvalue weighted by Crippen LogP contribution is -2.36. The topological polar surface area (TPSA) is 105 Å². The van der Waals surface area contributed by atoms with Gasteiger partial charge in [0.1, 0.15) is 22.8 Å². The molecule has 0 fully saturated rings. The van der Waals surface area contributed by atoms with Crippen LogP contribution in [0.1, 0.15) is 22.0 Å². The second-order valence-corrected chi connectivity index (χ2v) is 5.27. The van der Waals surface area contributed by atoms with Crippen LogP contribution in [0.3, 0.4) is 0 Å². The van der Waals surface area contributed by atoms with E-state index < -0.39 is 23.7 Å². The van der Waals surface area contributed by atoms with Crippen molar-refractivity contribution >= 4 is 5.78 Å². The summed E-state index contributed by atoms with van der Waals surface area (Å²) in [6, 6.07) is 7.23. The normalized spacial score (nSPS) is 19.4. The quantitative estimate of drug-likeness (QED) is 0.736. The number of Topliss-reactive ketones (excluding diaryl/α,β-unsaturated/α-hetero) is 1. The van der Waals surface area contributed by atoms with Gasteiger partial charge in [0.2, 0.25) is 5.78 Å². The zero-order valence-electron chi connectivity index (χ0n) is 13.0. The fourth-order valence-corrected chi connectivity index (χ4v) is 2.68. The molecule has 0 spiro atoms. The van der Waals surface area contributed by atoms with Crippen LogP contribution in [-0.4, -0.2) is 41.4 Å². The molecule has 0 saturated heterocycles. The van der Waals surface area contributed by atoms with Crippen molar-refractivity contribution in [2.24, 2.45) is 0 Å². The third-order valence-corrected chi connectivity index (χ3v) is 3.90. The number of phenolic OH excluding ortho intramolecular Hbond substituents is 2. The van der Waals surface area contributed by atoms with E-state index >= 15 is 0 Å². The van der Waals surface area contributed by atoms with Gasteiger partial charge in [0, 0.05) is 17.7 Å². The zero-order valence-corrected chi connectivity index (χ0v) is 13.0. The third kappa shape index (κ3) is 2.39. The van der Waals surface area contributed by atoms with Gasteiger partial charge in [-0.2, -0.15) is 0 Å². The van der Waals surface area contributed by atoms with Crippen LogP contribution in [0.2, 0.25) is 0 Å². The highest BCUT2D eigenvalue weighted by Gasteiger charge is 2.40. The van der Waals surface area contributed by atoms with Gasteiger partial charge in [-0.1, -0.05) is 12.1 Å². The van der Waals surface area contributed by atoms with Crippen LogP contribution in [0.5, 0.6) is 28.7 Å². The van der Waals surface area contributed by atoms with Crippen molar-refractivity contribution < 1.29 is 34.3 Å². The number of ketones is 1. The summed E-state index contributed by atoms with van der Waals surface area (Å²) >= 11 is 0. The number of hydrogen-bond donors (Lipinski definition) is 3. The summed E-state index contributed by atoms with van der Waals surface area (Å²) in [6.45, 7) is 0. The predicted octanol–water partition coefficient (Wildman–Crippen LogP) is 1.79. The maximum atomic E-state index is 12.6. The van der Waals surface area contributed by atoms with E-state index in [2.05, 4.69) is 0 Å². The number of carbonyl (C=O) groups is 1. The Balaban J connectivity index is 2.13. The lowest BCUT2D eigenvalue weighted by molar-refractivity contribution is 0.0201. The largest absolute Gasteiger partial charge is 0.504 e. The molecule has 3 rings (SSSR count). The summed E-state index contributed by atoms with van der Waals surface area (Å²) in [5.74, 6) is -0.643. The van der Waals surface area contributed by atoms with Crippen molar-refractivity contribution in [2.75, 3.05) is 14.2 Å². The van der Waals surface area contributed by atoms with Crippen LogP contribution in [0.15, 0.2) is 30.3 Å². The third-order valence-electron chi connectivity index (χ3n) is 3.90. The molecule has 0 amide bonds. The predicted molar refractivity (Wildman–Crippen MR) is 83.0 cm³/mol. The smallest absolute Gasteiger partial charge is 0.202 e. The van der Waals surface area contributed by atoms with Gasteiger partial charge >= 0.3 is 0 Å². The molecule has 2 atom stereocenters. The number of aromatic hydroxyl groups is 2. The molecule has 0 bridgehead atoms. The number of rotatable bonds is 3. The van der Waals surface area contributed by atoms with E-state index in [0.29, 0.717) is 5.75 Å². The lowest BCUT2D eigenvalue weighted by atomic mass is 9.92. The van der Waals surface area contributed by atoms with E-state index in [1.165, 1.54) is 44.6 Å². The second-order valence-electron chi connectivity index (χ2n) is 5.27. The highest BCUT2D eigenvalue weighted by Crippen LogP contribution is 2.45. The maximum Gasteiger partial charge on any atom is 0.202 e. The molecule has 3 N–H and O–H groups in total. The molecule has 0 aromatic heterocycles. The van der Waals surface area contributed by atoms with Crippen molar-refractivity contribution in [3.8, 4) is 28.7 Å². The van der Waals surface area contributed by atoms with Gasteiger partial charge in [-0.15, -0.1) is 0 Å². The standard InChI is InChI=1S/C17H16O7/c1-22-8-6-11(23-2)13-12(7-8)24-17(16(21)15(13)20)9-4-3-5-10(18)14(9)19/h3-7,16-19,21H,1-2H3. The number of carbonyl (C=O) groups excluding carboxylic acids is 1. The highest BCUT2D eigenvalue weighted by atomic mass is 16.5. The average molecular weight is 332 g/mol. The zero-order chi connectivity index (χ0) is 17.4. The molecule has 1 aliphatic rings. The summed E-state index contributed by atoms with van der Waals surface area (Å²) in [7, 11) is 2.85. The van der Waals surface area contributed by atoms with Gasteiger partial charge in [0.05, 0.1) is 14.2 Å². The molecule has 2 aromatic carbocycles. The van der Waals surface area contributed by atoms with E-state index in [0.717, 1.165) is 0 Å². The van der Waals surface area contributed by atoms with Gasteiger partial charge in [0.25, 0.3) is 0 Å². The molecule has 1 heterocycles. The Morgan fingerprint density at radius 3 is 2.54 bits per heavy atom. The molecule has 0 saturated carbocycles. The molecule has 0 aliphatic carbocycles. The van der Waals surface area contributed by atoms with Crippen LogP contribution in [0, 0.1) is 0 Å². The summed E-state index contributed by atoms with van der Waals surface area (Å²) in [4.78, 5) is 12.6. The Hall–Kier alpha value is -2.93. The number of aliphatic hydroxyl groups is 1. The molecule has 2 aromatic rings. The van der Waals surface area contributed by atoms with Gasteiger partial charge in [-0.05, 0) is 6.07 Å². The Morgan fingerprint density at radius 1 is 1.12 bits per heavy atom. The van der Waals surface area contributed by atoms with Crippen LogP contribution in [-0.2, 0) is 0 Å². The first-order chi connectivity index (χ1) is 11.5. The van der Waals surface area contributed by atoms with Crippen molar-refractivity contribution in [2.45, 2.75) is 12.2 Å². The van der Waals surface area contributed by atoms with Crippen molar-refractivity contribution in [1.82, 2.24) is 0 Å². The Morgan fingerprint density at radius 2 is 1.88 bits per heavy atom. The minimum atomic E-state index is -1.56. The molecule has 0 radical (unpaired) electrons. The molecule has 1 aliphatic heterocycles. The molecular formula is C17H16O7. The van der Waals surface area contributed by atoms with Crippen LogP contribution in [0.25, 0.3) is 0 Å². The van der Waals surface area contributed by atoms with Crippen LogP contribution in [0.4, 0.5) is 0 Å². The minimum Gasteiger partial charge on any atom is -0.504 e. The SMILES string of the molecule is COc1cc(OC)c2c(c1)OC(c1cccc(O)c1O)C(O)C2=O. The van der Waals surface area contributed by atoms with Gasteiger partial charge in [0.15, 0.2) is 23.7 Å². The molecule has 24 heavy (non-hydrogen) atoms. The monoisotopic (exact) mass is 332 g/mol. The van der Waals surface area contributed by atoms with E-state index in [1.54, 1.807) is 0 Å². The first-order valence-electron chi connectivity index (χ1n) is 7.13. The van der Waals surface area contributed by atoms with Gasteiger partial charge in [-0.25, -0.2) is 0 Å². The van der Waals surface area contributed by atoms with E-state index in [-0.39, 0.29) is 28.4 Å². The number of methoxy groups -OCH3 is 2. The van der Waals surface area contributed by atoms with Crippen LogP contribution < -0.4 is 14.2 Å². The molecule has 2 unspecified atom stereocenters. The Kier molecular flexibility index (Phi) is 3.94. The van der Waals surface area contributed by atoms with Crippen molar-refractivity contribution in [1.29, 1.82) is 0 Å². The Bertz CT molecular complexity index is 800. The van der Waals surface area contributed by atoms with Gasteiger partial charge in [-0.3, -0.25) is 4.79 Å². The Labute approximate surface area is 137 Å². The van der Waals surface area contributed by atoms with Crippen LogP contribution >= 0.6 is 0 Å². The van der Waals surface area contributed by atoms with E-state index in [9.17, 15) is 20.1 Å². The highest BCUT2D eigenvalue weighted by molar-refractivity contribution is 6.05. The molecule has 7 heteroatoms. The summed E-state index contributed by atoms with van der Waals surface area (Å²) in [6.07, 6.45) is -2.73. The van der Waals surface area contributed by atoms with Crippen molar-refractivity contribution in [3.63, 3.8) is 0 Å². The molecule has 7 nitrogen and oxygen atoms in total. The number of benzene rings is 2. The first-order valence-corrected chi connectivity index (χ1v) is 7.13. The molecular weight excluding hydrogens is 316 g/mol. The number of hydrogen-bond acceptors (Lipinski definition) is 7. The number of para-hydroxylation sites is 1. The second kappa shape index (κ2) is 5.93. The average Bonchev–Trinajstić information content (AvgIpc) is 2.59. The van der Waals surface area contributed by atoms with Crippen molar-refractivity contribution in [3.05, 3.63) is 41.5 Å². The lowest BCUT2D eigenvalue weighted by Gasteiger charge is -2.31. The first kappa shape index (κ1) is 15.9. The summed E-state index contributed by atoms with van der Waals surface area (Å²) in [5.41, 5.74) is 0.199. The van der Waals surface area contributed by atoms with Gasteiger partial charge < -0.3 is 29.5 Å². The number of fused-ring (bicyclic) bond motifs is 1. The summed E-state index contributed by atoms with van der Waals surface area (Å²) < 4.78 is 16.0. The van der Waals surface area contributed by atoms with E-state index in [4.69, 9.17) is 14.2 Å². The summed E-state index contributed by atoms with van der Waals surface area (Å²) in [5, 5.41) is 30.0. The number of aliphatic hydroxyl groups excluding tert-OH is 1. The number of ether oxygens (including phenoxy) is 3. The maximum absolute atomic E-state index is 12.6. The number of phenols is 2. The van der Waals surface area contributed by atoms with E-state index in [1.807, 2.05) is 0 Å². The minimum absolute atomic E-state index is 0.0988. The molecule has 126 valence electrons.